The minimum Gasteiger partial charge on any atom is -0.304 e. The molecule has 0 aliphatic carbocycles. The molecule has 1 heterocycles. The molecular formula is C18H18BrNO. The number of carbonyl (C=O) groups excluding carboxylic acids is 1. The lowest BCUT2D eigenvalue weighted by Gasteiger charge is -2.37. The Morgan fingerprint density at radius 2 is 1.81 bits per heavy atom. The van der Waals surface area contributed by atoms with Crippen molar-refractivity contribution in [3.05, 3.63) is 64.7 Å². The Balaban J connectivity index is 2.15. The summed E-state index contributed by atoms with van der Waals surface area (Å²) in [5, 5.41) is 0.778. The zero-order valence-electron chi connectivity index (χ0n) is 12.3. The zero-order chi connectivity index (χ0) is 15.0. The lowest BCUT2D eigenvalue weighted by molar-refractivity contribution is 0.0969. The highest BCUT2D eigenvalue weighted by Gasteiger charge is 2.34. The van der Waals surface area contributed by atoms with E-state index in [4.69, 9.17) is 0 Å². The van der Waals surface area contributed by atoms with Gasteiger partial charge >= 0.3 is 0 Å². The summed E-state index contributed by atoms with van der Waals surface area (Å²) in [5.41, 5.74) is 5.24. The number of hydrogen-bond acceptors (Lipinski definition) is 1. The van der Waals surface area contributed by atoms with Crippen LogP contribution in [-0.4, -0.2) is 17.3 Å². The highest BCUT2D eigenvalue weighted by atomic mass is 79.9. The van der Waals surface area contributed by atoms with Crippen LogP contribution < -0.4 is 4.90 Å². The normalized spacial score (nSPS) is 17.8. The number of anilines is 1. The molecule has 0 aromatic heterocycles. The standard InChI is InChI=1S/C18H18BrNO/c1-12-6-3-4-9-16(12)20-15(11-19)10-14-8-5-7-13(2)17(14)18(20)21/h3-9,15H,10-11H2,1-2H3. The highest BCUT2D eigenvalue weighted by molar-refractivity contribution is 9.09. The van der Waals surface area contributed by atoms with E-state index in [0.717, 1.165) is 39.7 Å². The quantitative estimate of drug-likeness (QED) is 0.745. The van der Waals surface area contributed by atoms with Gasteiger partial charge in [-0.25, -0.2) is 0 Å². The van der Waals surface area contributed by atoms with Crippen molar-refractivity contribution in [3.8, 4) is 0 Å². The molecule has 21 heavy (non-hydrogen) atoms. The number of rotatable bonds is 2. The Morgan fingerprint density at radius 1 is 1.10 bits per heavy atom. The first-order valence-electron chi connectivity index (χ1n) is 7.17. The van der Waals surface area contributed by atoms with Crippen molar-refractivity contribution >= 4 is 27.5 Å². The average molecular weight is 344 g/mol. The van der Waals surface area contributed by atoms with Gasteiger partial charge in [0.05, 0.1) is 6.04 Å². The molecule has 2 aromatic rings. The molecule has 1 amide bonds. The van der Waals surface area contributed by atoms with E-state index in [1.807, 2.05) is 42.2 Å². The number of carbonyl (C=O) groups is 1. The van der Waals surface area contributed by atoms with Crippen molar-refractivity contribution in [3.63, 3.8) is 0 Å². The number of hydrogen-bond donors (Lipinski definition) is 0. The van der Waals surface area contributed by atoms with Crippen molar-refractivity contribution in [2.75, 3.05) is 10.2 Å². The van der Waals surface area contributed by atoms with E-state index >= 15 is 0 Å². The van der Waals surface area contributed by atoms with Gasteiger partial charge in [-0.1, -0.05) is 52.3 Å². The van der Waals surface area contributed by atoms with E-state index in [2.05, 4.69) is 35.0 Å². The number of aryl methyl sites for hydroxylation is 2. The second-order valence-electron chi connectivity index (χ2n) is 5.58. The van der Waals surface area contributed by atoms with Crippen LogP contribution in [0.25, 0.3) is 0 Å². The number of fused-ring (bicyclic) bond motifs is 1. The number of benzene rings is 2. The maximum atomic E-state index is 13.1. The van der Waals surface area contributed by atoms with Crippen LogP contribution in [0.4, 0.5) is 5.69 Å². The molecule has 0 saturated carbocycles. The molecule has 2 nitrogen and oxygen atoms in total. The molecule has 0 bridgehead atoms. The fraction of sp³-hybridized carbons (Fsp3) is 0.278. The fourth-order valence-electron chi connectivity index (χ4n) is 3.10. The van der Waals surface area contributed by atoms with Crippen LogP contribution in [0.1, 0.15) is 27.0 Å². The van der Waals surface area contributed by atoms with Crippen molar-refractivity contribution in [2.24, 2.45) is 0 Å². The number of alkyl halides is 1. The number of nitrogens with zero attached hydrogens (tertiary/aromatic N) is 1. The first-order chi connectivity index (χ1) is 10.1. The molecule has 3 rings (SSSR count). The molecule has 2 aromatic carbocycles. The third kappa shape index (κ3) is 2.40. The van der Waals surface area contributed by atoms with E-state index in [1.54, 1.807) is 0 Å². The summed E-state index contributed by atoms with van der Waals surface area (Å²) >= 11 is 3.58. The van der Waals surface area contributed by atoms with Crippen LogP contribution >= 0.6 is 15.9 Å². The summed E-state index contributed by atoms with van der Waals surface area (Å²) < 4.78 is 0. The van der Waals surface area contributed by atoms with Gasteiger partial charge in [0.2, 0.25) is 0 Å². The molecule has 0 fully saturated rings. The highest BCUT2D eigenvalue weighted by Crippen LogP contribution is 2.32. The molecule has 0 saturated heterocycles. The van der Waals surface area contributed by atoms with Crippen molar-refractivity contribution < 1.29 is 4.79 Å². The van der Waals surface area contributed by atoms with Gasteiger partial charge in [0.1, 0.15) is 0 Å². The van der Waals surface area contributed by atoms with Gasteiger partial charge < -0.3 is 4.90 Å². The van der Waals surface area contributed by atoms with Crippen LogP contribution in [0.3, 0.4) is 0 Å². The van der Waals surface area contributed by atoms with Crippen LogP contribution in [0.5, 0.6) is 0 Å². The number of amides is 1. The van der Waals surface area contributed by atoms with Gasteiger partial charge in [0, 0.05) is 16.6 Å². The maximum Gasteiger partial charge on any atom is 0.259 e. The Bertz CT molecular complexity index is 695. The third-order valence-electron chi connectivity index (χ3n) is 4.17. The topological polar surface area (TPSA) is 20.3 Å². The number of halogens is 1. The van der Waals surface area contributed by atoms with Gasteiger partial charge in [0.15, 0.2) is 0 Å². The fourth-order valence-corrected chi connectivity index (χ4v) is 3.62. The van der Waals surface area contributed by atoms with Crippen LogP contribution in [0.2, 0.25) is 0 Å². The molecule has 0 spiro atoms. The van der Waals surface area contributed by atoms with Crippen LogP contribution in [0, 0.1) is 13.8 Å². The summed E-state index contributed by atoms with van der Waals surface area (Å²) in [6, 6.07) is 14.4. The molecule has 1 aliphatic heterocycles. The summed E-state index contributed by atoms with van der Waals surface area (Å²) in [6.07, 6.45) is 0.891. The predicted octanol–water partition coefficient (Wildman–Crippen LogP) is 4.27. The van der Waals surface area contributed by atoms with Crippen molar-refractivity contribution in [2.45, 2.75) is 26.3 Å². The lowest BCUT2D eigenvalue weighted by atomic mass is 9.90. The Kier molecular flexibility index (Phi) is 3.85. The summed E-state index contributed by atoms with van der Waals surface area (Å²) in [4.78, 5) is 15.0. The van der Waals surface area contributed by atoms with Crippen molar-refractivity contribution in [1.82, 2.24) is 0 Å². The Hall–Kier alpha value is -1.61. The van der Waals surface area contributed by atoms with Gasteiger partial charge in [-0.3, -0.25) is 4.79 Å². The Labute approximate surface area is 133 Å². The largest absolute Gasteiger partial charge is 0.304 e. The SMILES string of the molecule is Cc1ccccc1N1C(=O)c2c(C)cccc2CC1CBr. The Morgan fingerprint density at radius 3 is 2.52 bits per heavy atom. The smallest absolute Gasteiger partial charge is 0.259 e. The van der Waals surface area contributed by atoms with E-state index in [9.17, 15) is 4.79 Å². The molecule has 1 atom stereocenters. The molecule has 0 N–H and O–H groups in total. The van der Waals surface area contributed by atoms with E-state index in [-0.39, 0.29) is 11.9 Å². The molecular weight excluding hydrogens is 326 g/mol. The van der Waals surface area contributed by atoms with Crippen LogP contribution in [-0.2, 0) is 6.42 Å². The monoisotopic (exact) mass is 343 g/mol. The molecule has 0 radical (unpaired) electrons. The van der Waals surface area contributed by atoms with Gasteiger partial charge in [-0.2, -0.15) is 0 Å². The minimum atomic E-state index is 0.119. The molecule has 108 valence electrons. The number of para-hydroxylation sites is 1. The summed E-state index contributed by atoms with van der Waals surface area (Å²) in [7, 11) is 0. The third-order valence-corrected chi connectivity index (χ3v) is 4.91. The lowest BCUT2D eigenvalue weighted by Crippen LogP contribution is -2.47. The first-order valence-corrected chi connectivity index (χ1v) is 8.29. The summed E-state index contributed by atoms with van der Waals surface area (Å²) in [6.45, 7) is 4.07. The van der Waals surface area contributed by atoms with Crippen molar-refractivity contribution in [1.29, 1.82) is 0 Å². The molecule has 3 heteroatoms. The van der Waals surface area contributed by atoms with E-state index < -0.39 is 0 Å². The first kappa shape index (κ1) is 14.3. The maximum absolute atomic E-state index is 13.1. The predicted molar refractivity (Wildman–Crippen MR) is 90.5 cm³/mol. The average Bonchev–Trinajstić information content (AvgIpc) is 2.48. The van der Waals surface area contributed by atoms with Gasteiger partial charge in [0.25, 0.3) is 5.91 Å². The van der Waals surface area contributed by atoms with Gasteiger partial charge in [-0.15, -0.1) is 0 Å². The van der Waals surface area contributed by atoms with Crippen LogP contribution in [0.15, 0.2) is 42.5 Å². The molecule has 1 unspecified atom stereocenters. The van der Waals surface area contributed by atoms with E-state index in [0.29, 0.717) is 0 Å². The zero-order valence-corrected chi connectivity index (χ0v) is 13.9. The minimum absolute atomic E-state index is 0.119. The van der Waals surface area contributed by atoms with E-state index in [1.165, 1.54) is 0 Å². The summed E-state index contributed by atoms with van der Waals surface area (Å²) in [5.74, 6) is 0.119. The van der Waals surface area contributed by atoms with Gasteiger partial charge in [-0.05, 0) is 43.0 Å². The second kappa shape index (κ2) is 5.64. The second-order valence-corrected chi connectivity index (χ2v) is 6.23. The molecule has 1 aliphatic rings.